The molecule has 0 aromatic carbocycles. The first-order chi connectivity index (χ1) is 9.28. The van der Waals surface area contributed by atoms with Crippen LogP contribution < -0.4 is 0 Å². The van der Waals surface area contributed by atoms with E-state index in [1.54, 1.807) is 11.9 Å². The normalized spacial score (nSPS) is 22.6. The quantitative estimate of drug-likeness (QED) is 0.782. The molecule has 0 aliphatic carbocycles. The van der Waals surface area contributed by atoms with Gasteiger partial charge < -0.3 is 4.90 Å². The fourth-order valence-electron chi connectivity index (χ4n) is 2.14. The molecular weight excluding hydrogens is 316 g/mol. The third kappa shape index (κ3) is 3.73. The molecule has 1 aromatic heterocycles. The number of amides is 1. The van der Waals surface area contributed by atoms with E-state index in [0.717, 1.165) is 10.0 Å². The minimum atomic E-state index is -2.97. The molecule has 1 aromatic rings. The molecule has 1 amide bonds. The predicted octanol–water partition coefficient (Wildman–Crippen LogP) is 1.58. The Hall–Kier alpha value is -0.600. The monoisotopic (exact) mass is 334 g/mol. The zero-order valence-electron chi connectivity index (χ0n) is 11.7. The third-order valence-electron chi connectivity index (χ3n) is 3.33. The summed E-state index contributed by atoms with van der Waals surface area (Å²) >= 11 is 2.95. The summed E-state index contributed by atoms with van der Waals surface area (Å²) in [6, 6.07) is -0.186. The van der Waals surface area contributed by atoms with Gasteiger partial charge in [0.25, 0.3) is 0 Å². The molecule has 5 nitrogen and oxygen atoms in total. The lowest BCUT2D eigenvalue weighted by molar-refractivity contribution is -0.130. The number of carbonyl (C=O) groups excluding carboxylic acids is 1. The molecule has 112 valence electrons. The zero-order valence-corrected chi connectivity index (χ0v) is 14.1. The highest BCUT2D eigenvalue weighted by Gasteiger charge is 2.34. The molecule has 0 spiro atoms. The predicted molar refractivity (Wildman–Crippen MR) is 82.0 cm³/mol. The number of carbonyl (C=O) groups is 1. The fourth-order valence-corrected chi connectivity index (χ4v) is 6.00. The SMILES string of the molecule is Cc1csc(S[C@@H](C)C(=O)N(C)[C@@H]2CCS(=O)(=O)C2)n1. The van der Waals surface area contributed by atoms with Crippen molar-refractivity contribution in [2.24, 2.45) is 0 Å². The van der Waals surface area contributed by atoms with Crippen LogP contribution in [0.1, 0.15) is 19.0 Å². The van der Waals surface area contributed by atoms with Gasteiger partial charge in [0.2, 0.25) is 5.91 Å². The van der Waals surface area contributed by atoms with Crippen LogP contribution in [0.5, 0.6) is 0 Å². The maximum Gasteiger partial charge on any atom is 0.235 e. The summed E-state index contributed by atoms with van der Waals surface area (Å²) in [4.78, 5) is 18.3. The van der Waals surface area contributed by atoms with Crippen LogP contribution in [0.15, 0.2) is 9.72 Å². The van der Waals surface area contributed by atoms with E-state index in [4.69, 9.17) is 0 Å². The summed E-state index contributed by atoms with van der Waals surface area (Å²) in [5.41, 5.74) is 0.951. The third-order valence-corrected chi connectivity index (χ3v) is 7.25. The molecule has 0 unspecified atom stereocenters. The van der Waals surface area contributed by atoms with Gasteiger partial charge in [0.05, 0.1) is 16.8 Å². The van der Waals surface area contributed by atoms with Crippen LogP contribution >= 0.6 is 23.1 Å². The summed E-state index contributed by atoms with van der Waals surface area (Å²) in [5.74, 6) is 0.232. The maximum absolute atomic E-state index is 12.3. The van der Waals surface area contributed by atoms with Crippen molar-refractivity contribution in [1.29, 1.82) is 0 Å². The Bertz CT molecular complexity index is 597. The highest BCUT2D eigenvalue weighted by Crippen LogP contribution is 2.28. The number of nitrogens with zero attached hydrogens (tertiary/aromatic N) is 2. The number of hydrogen-bond donors (Lipinski definition) is 0. The summed E-state index contributed by atoms with van der Waals surface area (Å²) in [7, 11) is -1.27. The molecule has 2 atom stereocenters. The number of thiazole rings is 1. The van der Waals surface area contributed by atoms with Gasteiger partial charge in [-0.25, -0.2) is 13.4 Å². The average Bonchev–Trinajstić information content (AvgIpc) is 2.93. The van der Waals surface area contributed by atoms with E-state index in [1.165, 1.54) is 23.1 Å². The molecule has 1 fully saturated rings. The van der Waals surface area contributed by atoms with E-state index in [2.05, 4.69) is 4.98 Å². The lowest BCUT2D eigenvalue weighted by Gasteiger charge is -2.25. The maximum atomic E-state index is 12.3. The molecule has 1 aliphatic rings. The number of sulfone groups is 1. The molecule has 0 saturated carbocycles. The minimum Gasteiger partial charge on any atom is -0.341 e. The van der Waals surface area contributed by atoms with E-state index in [-0.39, 0.29) is 28.7 Å². The standard InChI is InChI=1S/C12H18N2O3S3/c1-8-6-18-12(13-8)19-9(2)11(15)14(3)10-4-5-20(16,17)7-10/h6,9-10H,4-5,7H2,1-3H3/t9-,10+/m0/s1. The van der Waals surface area contributed by atoms with Crippen molar-refractivity contribution in [3.8, 4) is 0 Å². The number of aromatic nitrogens is 1. The van der Waals surface area contributed by atoms with Crippen LogP contribution in [0.25, 0.3) is 0 Å². The van der Waals surface area contributed by atoms with Gasteiger partial charge in [-0.3, -0.25) is 4.79 Å². The van der Waals surface area contributed by atoms with Crippen LogP contribution in [-0.2, 0) is 14.6 Å². The van der Waals surface area contributed by atoms with Crippen molar-refractivity contribution in [3.05, 3.63) is 11.1 Å². The van der Waals surface area contributed by atoms with E-state index < -0.39 is 9.84 Å². The number of thioether (sulfide) groups is 1. The van der Waals surface area contributed by atoms with Crippen molar-refractivity contribution in [2.45, 2.75) is 35.9 Å². The lowest BCUT2D eigenvalue weighted by Crippen LogP contribution is -2.41. The Labute approximate surface area is 127 Å². The van der Waals surface area contributed by atoms with Gasteiger partial charge >= 0.3 is 0 Å². The Morgan fingerprint density at radius 1 is 1.60 bits per heavy atom. The first kappa shape index (κ1) is 15.8. The highest BCUT2D eigenvalue weighted by molar-refractivity contribution is 8.02. The van der Waals surface area contributed by atoms with E-state index >= 15 is 0 Å². The minimum absolute atomic E-state index is 0.0371. The van der Waals surface area contributed by atoms with Crippen molar-refractivity contribution >= 4 is 38.8 Å². The molecule has 2 rings (SSSR count). The van der Waals surface area contributed by atoms with E-state index in [0.29, 0.717) is 6.42 Å². The average molecular weight is 334 g/mol. The van der Waals surface area contributed by atoms with Crippen molar-refractivity contribution < 1.29 is 13.2 Å². The molecule has 2 heterocycles. The molecule has 0 bridgehead atoms. The van der Waals surface area contributed by atoms with Crippen LogP contribution in [0.4, 0.5) is 0 Å². The molecule has 1 aliphatic heterocycles. The van der Waals surface area contributed by atoms with Crippen molar-refractivity contribution in [1.82, 2.24) is 9.88 Å². The van der Waals surface area contributed by atoms with Crippen LogP contribution in [-0.4, -0.2) is 54.1 Å². The second-order valence-corrected chi connectivity index (χ2v) is 9.70. The second kappa shape index (κ2) is 6.03. The summed E-state index contributed by atoms with van der Waals surface area (Å²) < 4.78 is 23.8. The van der Waals surface area contributed by atoms with Gasteiger partial charge in [-0.15, -0.1) is 11.3 Å². The lowest BCUT2D eigenvalue weighted by atomic mass is 10.2. The van der Waals surface area contributed by atoms with Crippen molar-refractivity contribution in [3.63, 3.8) is 0 Å². The largest absolute Gasteiger partial charge is 0.341 e. The van der Waals surface area contributed by atoms with Crippen LogP contribution in [0.2, 0.25) is 0 Å². The second-order valence-electron chi connectivity index (χ2n) is 5.02. The molecular formula is C12H18N2O3S3. The smallest absolute Gasteiger partial charge is 0.235 e. The topological polar surface area (TPSA) is 67.3 Å². The van der Waals surface area contributed by atoms with Crippen LogP contribution in [0, 0.1) is 6.92 Å². The summed E-state index contributed by atoms with van der Waals surface area (Å²) in [6.45, 7) is 3.76. The summed E-state index contributed by atoms with van der Waals surface area (Å²) in [5, 5.41) is 1.70. The number of aryl methyl sites for hydroxylation is 1. The highest BCUT2D eigenvalue weighted by atomic mass is 32.2. The van der Waals surface area contributed by atoms with Gasteiger partial charge in [0.1, 0.15) is 0 Å². The molecule has 0 radical (unpaired) electrons. The Kier molecular flexibility index (Phi) is 4.76. The Morgan fingerprint density at radius 2 is 2.30 bits per heavy atom. The van der Waals surface area contributed by atoms with Gasteiger partial charge in [-0.05, 0) is 20.3 Å². The number of rotatable bonds is 4. The molecule has 8 heteroatoms. The van der Waals surface area contributed by atoms with Gasteiger partial charge in [-0.1, -0.05) is 11.8 Å². The van der Waals surface area contributed by atoms with Crippen molar-refractivity contribution in [2.75, 3.05) is 18.6 Å². The molecule has 20 heavy (non-hydrogen) atoms. The van der Waals surface area contributed by atoms with E-state index in [9.17, 15) is 13.2 Å². The zero-order chi connectivity index (χ0) is 14.9. The van der Waals surface area contributed by atoms with Gasteiger partial charge in [-0.2, -0.15) is 0 Å². The van der Waals surface area contributed by atoms with Gasteiger partial charge in [0, 0.05) is 24.2 Å². The fraction of sp³-hybridized carbons (Fsp3) is 0.667. The molecule has 1 saturated heterocycles. The molecule has 0 N–H and O–H groups in total. The van der Waals surface area contributed by atoms with E-state index in [1.807, 2.05) is 19.2 Å². The first-order valence-electron chi connectivity index (χ1n) is 6.34. The Morgan fingerprint density at radius 3 is 2.80 bits per heavy atom. The van der Waals surface area contributed by atoms with Crippen LogP contribution in [0.3, 0.4) is 0 Å². The van der Waals surface area contributed by atoms with Gasteiger partial charge in [0.15, 0.2) is 14.2 Å². The first-order valence-corrected chi connectivity index (χ1v) is 9.92. The number of hydrogen-bond acceptors (Lipinski definition) is 6. The Balaban J connectivity index is 1.96. The summed E-state index contributed by atoms with van der Waals surface area (Å²) in [6.07, 6.45) is 0.540.